The zero-order chi connectivity index (χ0) is 24.6. The molecule has 0 unspecified atom stereocenters. The van der Waals surface area contributed by atoms with Gasteiger partial charge in [0.15, 0.2) is 0 Å². The molecule has 0 atom stereocenters. The second kappa shape index (κ2) is 11.6. The van der Waals surface area contributed by atoms with Crippen LogP contribution in [0.4, 0.5) is 29.3 Å². The minimum absolute atomic E-state index is 0.267. The van der Waals surface area contributed by atoms with Crippen molar-refractivity contribution in [3.8, 4) is 11.5 Å². The number of hydrogen-bond acceptors (Lipinski definition) is 5. The first kappa shape index (κ1) is 25.2. The van der Waals surface area contributed by atoms with Gasteiger partial charge in [-0.1, -0.05) is 6.42 Å². The Hall–Kier alpha value is -3.47. The van der Waals surface area contributed by atoms with Crippen LogP contribution in [0, 0.1) is 0 Å². The molecule has 1 aliphatic heterocycles. The molecular weight excluding hydrogens is 453 g/mol. The molecule has 0 saturated carbocycles. The third kappa shape index (κ3) is 7.84. The summed E-state index contributed by atoms with van der Waals surface area (Å²) < 4.78 is 45.8. The van der Waals surface area contributed by atoms with Crippen molar-refractivity contribution < 1.29 is 32.2 Å². The number of nitrogens with zero attached hydrogens (tertiary/aromatic N) is 1. The summed E-state index contributed by atoms with van der Waals surface area (Å²) in [5.41, 5.74) is 0.979. The molecule has 2 aromatic carbocycles. The van der Waals surface area contributed by atoms with Crippen LogP contribution in [-0.2, 0) is 0 Å². The molecule has 3 amide bonds. The first-order valence-corrected chi connectivity index (χ1v) is 10.9. The number of alkyl halides is 3. The molecule has 1 fully saturated rings. The third-order valence-electron chi connectivity index (χ3n) is 5.21. The van der Waals surface area contributed by atoms with Gasteiger partial charge in [-0.2, -0.15) is 0 Å². The number of piperidine rings is 1. The summed E-state index contributed by atoms with van der Waals surface area (Å²) in [6.45, 7) is 3.41. The topological polar surface area (TPSA) is 91.9 Å². The maximum absolute atomic E-state index is 12.6. The molecule has 1 aliphatic rings. The number of benzene rings is 2. The maximum atomic E-state index is 12.6. The molecule has 34 heavy (non-hydrogen) atoms. The average molecular weight is 480 g/mol. The van der Waals surface area contributed by atoms with E-state index in [9.17, 15) is 22.8 Å². The fourth-order valence-electron chi connectivity index (χ4n) is 3.60. The van der Waals surface area contributed by atoms with Crippen LogP contribution in [0.25, 0.3) is 0 Å². The van der Waals surface area contributed by atoms with Crippen LogP contribution in [-0.4, -0.2) is 56.5 Å². The van der Waals surface area contributed by atoms with Gasteiger partial charge in [0.2, 0.25) is 0 Å². The molecule has 0 radical (unpaired) electrons. The average Bonchev–Trinajstić information content (AvgIpc) is 2.80. The Labute approximate surface area is 195 Å². The van der Waals surface area contributed by atoms with Crippen molar-refractivity contribution in [1.29, 1.82) is 0 Å². The van der Waals surface area contributed by atoms with E-state index in [0.29, 0.717) is 23.5 Å². The van der Waals surface area contributed by atoms with Gasteiger partial charge in [-0.05, 0) is 62.3 Å². The summed E-state index contributed by atoms with van der Waals surface area (Å²) >= 11 is 0. The SMILES string of the molecule is COc1cc(NC(=O)Nc2ccc(OC(F)(F)F)cc2)ccc1C(=O)NCCN1CCCCC1. The van der Waals surface area contributed by atoms with Gasteiger partial charge in [0.05, 0.1) is 12.7 Å². The van der Waals surface area contributed by atoms with Gasteiger partial charge in [0, 0.05) is 30.5 Å². The molecule has 1 saturated heterocycles. The number of amides is 3. The van der Waals surface area contributed by atoms with E-state index in [0.717, 1.165) is 31.8 Å². The number of likely N-dealkylation sites (tertiary alicyclic amines) is 1. The van der Waals surface area contributed by atoms with Gasteiger partial charge in [-0.3, -0.25) is 4.79 Å². The van der Waals surface area contributed by atoms with E-state index >= 15 is 0 Å². The highest BCUT2D eigenvalue weighted by Gasteiger charge is 2.31. The predicted molar refractivity (Wildman–Crippen MR) is 121 cm³/mol. The van der Waals surface area contributed by atoms with Gasteiger partial charge in [-0.15, -0.1) is 13.2 Å². The van der Waals surface area contributed by atoms with Crippen LogP contribution in [0.3, 0.4) is 0 Å². The molecule has 3 rings (SSSR count). The van der Waals surface area contributed by atoms with E-state index < -0.39 is 18.1 Å². The van der Waals surface area contributed by atoms with Gasteiger partial charge < -0.3 is 30.3 Å². The molecule has 0 aliphatic carbocycles. The summed E-state index contributed by atoms with van der Waals surface area (Å²) in [4.78, 5) is 27.1. The minimum Gasteiger partial charge on any atom is -0.496 e. The van der Waals surface area contributed by atoms with Crippen molar-refractivity contribution in [2.75, 3.05) is 43.9 Å². The van der Waals surface area contributed by atoms with Crippen molar-refractivity contribution in [2.24, 2.45) is 0 Å². The number of carbonyl (C=O) groups excluding carboxylic acids is 2. The zero-order valence-electron chi connectivity index (χ0n) is 18.7. The van der Waals surface area contributed by atoms with Gasteiger partial charge in [0.25, 0.3) is 5.91 Å². The van der Waals surface area contributed by atoms with E-state index in [4.69, 9.17) is 4.74 Å². The van der Waals surface area contributed by atoms with E-state index in [1.165, 1.54) is 44.6 Å². The van der Waals surface area contributed by atoms with E-state index in [-0.39, 0.29) is 11.6 Å². The summed E-state index contributed by atoms with van der Waals surface area (Å²) in [5.74, 6) is -0.374. The number of urea groups is 1. The van der Waals surface area contributed by atoms with Crippen LogP contribution in [0.15, 0.2) is 42.5 Å². The first-order chi connectivity index (χ1) is 16.2. The second-order valence-corrected chi connectivity index (χ2v) is 7.72. The van der Waals surface area contributed by atoms with Crippen LogP contribution >= 0.6 is 0 Å². The van der Waals surface area contributed by atoms with Gasteiger partial charge >= 0.3 is 12.4 Å². The number of methoxy groups -OCH3 is 1. The fraction of sp³-hybridized carbons (Fsp3) is 0.391. The Morgan fingerprint density at radius 1 is 0.971 bits per heavy atom. The summed E-state index contributed by atoms with van der Waals surface area (Å²) in [6.07, 6.45) is -1.17. The van der Waals surface area contributed by atoms with Crippen molar-refractivity contribution in [3.05, 3.63) is 48.0 Å². The highest BCUT2D eigenvalue weighted by Crippen LogP contribution is 2.25. The number of hydrogen-bond donors (Lipinski definition) is 3. The molecule has 0 spiro atoms. The first-order valence-electron chi connectivity index (χ1n) is 10.9. The Kier molecular flexibility index (Phi) is 8.58. The highest BCUT2D eigenvalue weighted by atomic mass is 19.4. The Morgan fingerprint density at radius 2 is 1.62 bits per heavy atom. The number of carbonyl (C=O) groups is 2. The third-order valence-corrected chi connectivity index (χ3v) is 5.21. The van der Waals surface area contributed by atoms with Crippen LogP contribution in [0.5, 0.6) is 11.5 Å². The largest absolute Gasteiger partial charge is 0.573 e. The van der Waals surface area contributed by atoms with Crippen LogP contribution in [0.1, 0.15) is 29.6 Å². The summed E-state index contributed by atoms with van der Waals surface area (Å²) in [7, 11) is 1.42. The Morgan fingerprint density at radius 3 is 2.26 bits per heavy atom. The highest BCUT2D eigenvalue weighted by molar-refractivity contribution is 6.01. The monoisotopic (exact) mass is 480 g/mol. The van der Waals surface area contributed by atoms with E-state index in [1.54, 1.807) is 12.1 Å². The maximum Gasteiger partial charge on any atom is 0.573 e. The van der Waals surface area contributed by atoms with Gasteiger partial charge in [0.1, 0.15) is 11.5 Å². The quantitative estimate of drug-likeness (QED) is 0.519. The summed E-state index contributed by atoms with van der Waals surface area (Å²) in [6, 6.07) is 8.73. The van der Waals surface area contributed by atoms with Crippen molar-refractivity contribution in [3.63, 3.8) is 0 Å². The molecule has 1 heterocycles. The number of nitrogens with one attached hydrogen (secondary N) is 3. The lowest BCUT2D eigenvalue weighted by molar-refractivity contribution is -0.274. The minimum atomic E-state index is -4.79. The molecule has 0 aromatic heterocycles. The lowest BCUT2D eigenvalue weighted by atomic mass is 10.1. The van der Waals surface area contributed by atoms with Gasteiger partial charge in [-0.25, -0.2) is 4.79 Å². The number of anilines is 2. The number of ether oxygens (including phenoxy) is 2. The number of rotatable bonds is 8. The summed E-state index contributed by atoms with van der Waals surface area (Å²) in [5, 5.41) is 7.98. The Balaban J connectivity index is 1.52. The zero-order valence-corrected chi connectivity index (χ0v) is 18.7. The Bertz CT molecular complexity index is 977. The normalized spacial score (nSPS) is 14.2. The fourth-order valence-corrected chi connectivity index (χ4v) is 3.60. The van der Waals surface area contributed by atoms with Crippen molar-refractivity contribution >= 4 is 23.3 Å². The molecule has 3 N–H and O–H groups in total. The lowest BCUT2D eigenvalue weighted by Gasteiger charge is -2.26. The van der Waals surface area contributed by atoms with Crippen LogP contribution in [0.2, 0.25) is 0 Å². The lowest BCUT2D eigenvalue weighted by Crippen LogP contribution is -2.37. The molecular formula is C23H27F3N4O4. The smallest absolute Gasteiger partial charge is 0.496 e. The van der Waals surface area contributed by atoms with E-state index in [1.807, 2.05) is 0 Å². The second-order valence-electron chi connectivity index (χ2n) is 7.72. The standard InChI is InChI=1S/C23H27F3N4O4/c1-33-20-15-17(7-10-19(20)21(31)27-11-14-30-12-3-2-4-13-30)29-22(32)28-16-5-8-18(9-6-16)34-23(24,25)26/h5-10,15H,2-4,11-14H2,1H3,(H,27,31)(H2,28,29,32). The number of halogens is 3. The van der Waals surface area contributed by atoms with Crippen molar-refractivity contribution in [1.82, 2.24) is 10.2 Å². The molecule has 2 aromatic rings. The molecule has 11 heteroatoms. The molecule has 0 bridgehead atoms. The molecule has 184 valence electrons. The van der Waals surface area contributed by atoms with Crippen LogP contribution < -0.4 is 25.4 Å². The molecule has 8 nitrogen and oxygen atoms in total. The predicted octanol–water partition coefficient (Wildman–Crippen LogP) is 4.45. The van der Waals surface area contributed by atoms with Crippen molar-refractivity contribution in [2.45, 2.75) is 25.6 Å². The van der Waals surface area contributed by atoms with E-state index in [2.05, 4.69) is 25.6 Å².